The molecular formula is C12H14N2O4. The van der Waals surface area contributed by atoms with E-state index in [4.69, 9.17) is 15.7 Å². The van der Waals surface area contributed by atoms with Crippen molar-refractivity contribution in [3.05, 3.63) is 23.3 Å². The largest absolute Gasteiger partial charge is 0.504 e. The molecular weight excluding hydrogens is 236 g/mol. The van der Waals surface area contributed by atoms with Crippen molar-refractivity contribution in [2.24, 2.45) is 5.73 Å². The number of aromatic hydroxyl groups is 1. The van der Waals surface area contributed by atoms with E-state index >= 15 is 0 Å². The molecule has 0 amide bonds. The molecule has 6 heteroatoms. The molecule has 1 aromatic carbocycles. The minimum absolute atomic E-state index is 0.133. The summed E-state index contributed by atoms with van der Waals surface area (Å²) in [6, 6.07) is 4.02. The number of nitrogens with two attached hydrogens (primary N) is 1. The van der Waals surface area contributed by atoms with Crippen LogP contribution in [0.5, 0.6) is 11.5 Å². The number of hydrogen-bond donors (Lipinski definition) is 2. The summed E-state index contributed by atoms with van der Waals surface area (Å²) in [4.78, 5) is 11.2. The number of nitriles is 1. The fraction of sp³-hybridized carbons (Fsp3) is 0.333. The topological polar surface area (TPSA) is 106 Å². The van der Waals surface area contributed by atoms with Crippen LogP contribution in [0.15, 0.2) is 12.1 Å². The highest BCUT2D eigenvalue weighted by atomic mass is 16.5. The second-order valence-electron chi connectivity index (χ2n) is 3.58. The highest BCUT2D eigenvalue weighted by molar-refractivity contribution is 5.71. The molecule has 0 fully saturated rings. The number of phenols is 1. The summed E-state index contributed by atoms with van der Waals surface area (Å²) < 4.78 is 9.43. The third-order valence-electron chi connectivity index (χ3n) is 2.51. The zero-order chi connectivity index (χ0) is 13.7. The summed E-state index contributed by atoms with van der Waals surface area (Å²) in [5.41, 5.74) is 6.19. The van der Waals surface area contributed by atoms with E-state index in [0.717, 1.165) is 0 Å². The maximum absolute atomic E-state index is 11.2. The second-order valence-corrected chi connectivity index (χ2v) is 3.58. The molecule has 6 nitrogen and oxygen atoms in total. The number of nitrogens with zero attached hydrogens (tertiary/aromatic N) is 1. The first-order valence-corrected chi connectivity index (χ1v) is 5.17. The Hall–Kier alpha value is -2.26. The van der Waals surface area contributed by atoms with Gasteiger partial charge >= 0.3 is 5.97 Å². The molecule has 18 heavy (non-hydrogen) atoms. The van der Waals surface area contributed by atoms with Gasteiger partial charge in [0.1, 0.15) is 0 Å². The van der Waals surface area contributed by atoms with Gasteiger partial charge in [-0.25, -0.2) is 0 Å². The fourth-order valence-electron chi connectivity index (χ4n) is 1.59. The maximum atomic E-state index is 11.2. The van der Waals surface area contributed by atoms with Crippen molar-refractivity contribution in [1.29, 1.82) is 5.26 Å². The average molecular weight is 250 g/mol. The Morgan fingerprint density at radius 3 is 2.72 bits per heavy atom. The monoisotopic (exact) mass is 250 g/mol. The smallest absolute Gasteiger partial charge is 0.307 e. The second kappa shape index (κ2) is 5.89. The molecule has 0 saturated carbocycles. The number of carbonyl (C=O) groups excluding carboxylic acids is 1. The molecule has 0 aromatic heterocycles. The lowest BCUT2D eigenvalue weighted by Gasteiger charge is -2.16. The van der Waals surface area contributed by atoms with Gasteiger partial charge in [0.05, 0.1) is 32.3 Å². The number of carbonyl (C=O) groups is 1. The first-order chi connectivity index (χ1) is 8.54. The molecule has 1 aromatic rings. The van der Waals surface area contributed by atoms with Gasteiger partial charge in [0, 0.05) is 11.6 Å². The van der Waals surface area contributed by atoms with E-state index in [-0.39, 0.29) is 29.0 Å². The lowest BCUT2D eigenvalue weighted by Crippen LogP contribution is -2.17. The molecule has 0 bridgehead atoms. The third-order valence-corrected chi connectivity index (χ3v) is 2.51. The number of rotatable bonds is 4. The van der Waals surface area contributed by atoms with Crippen molar-refractivity contribution in [3.63, 3.8) is 0 Å². The van der Waals surface area contributed by atoms with Crippen molar-refractivity contribution in [2.75, 3.05) is 14.2 Å². The van der Waals surface area contributed by atoms with Crippen LogP contribution < -0.4 is 10.5 Å². The molecule has 0 unspecified atom stereocenters. The first kappa shape index (κ1) is 13.8. The van der Waals surface area contributed by atoms with E-state index in [1.54, 1.807) is 0 Å². The van der Waals surface area contributed by atoms with Crippen LogP contribution in [-0.2, 0) is 9.53 Å². The molecule has 0 spiro atoms. The summed E-state index contributed by atoms with van der Waals surface area (Å²) in [5, 5.41) is 18.9. The van der Waals surface area contributed by atoms with Crippen molar-refractivity contribution in [2.45, 2.75) is 12.5 Å². The lowest BCUT2D eigenvalue weighted by atomic mass is 9.97. The Labute approximate surface area is 105 Å². The molecule has 3 N–H and O–H groups in total. The summed E-state index contributed by atoms with van der Waals surface area (Å²) in [6.45, 7) is 0. The summed E-state index contributed by atoms with van der Waals surface area (Å²) >= 11 is 0. The van der Waals surface area contributed by atoms with Crippen LogP contribution in [0.1, 0.15) is 23.6 Å². The van der Waals surface area contributed by atoms with Crippen LogP contribution in [0.4, 0.5) is 0 Å². The maximum Gasteiger partial charge on any atom is 0.307 e. The Morgan fingerprint density at radius 1 is 1.56 bits per heavy atom. The molecule has 96 valence electrons. The van der Waals surface area contributed by atoms with E-state index in [2.05, 4.69) is 4.74 Å². The van der Waals surface area contributed by atoms with Crippen molar-refractivity contribution in [3.8, 4) is 17.6 Å². The van der Waals surface area contributed by atoms with Crippen LogP contribution in [0.3, 0.4) is 0 Å². The predicted octanol–water partition coefficient (Wildman–Crippen LogP) is 0.835. The zero-order valence-electron chi connectivity index (χ0n) is 10.1. The van der Waals surface area contributed by atoms with Gasteiger partial charge in [-0.1, -0.05) is 0 Å². The SMILES string of the molecule is COC(=O)C[C@H](N)c1c(C#N)ccc(OC)c1O. The van der Waals surface area contributed by atoms with Gasteiger partial charge in [-0.2, -0.15) is 5.26 Å². The molecule has 0 heterocycles. The first-order valence-electron chi connectivity index (χ1n) is 5.17. The van der Waals surface area contributed by atoms with E-state index in [1.807, 2.05) is 6.07 Å². The Kier molecular flexibility index (Phi) is 4.52. The van der Waals surface area contributed by atoms with Gasteiger partial charge in [-0.3, -0.25) is 4.79 Å². The molecule has 0 aliphatic carbocycles. The van der Waals surface area contributed by atoms with Gasteiger partial charge < -0.3 is 20.3 Å². The fourth-order valence-corrected chi connectivity index (χ4v) is 1.59. The Bertz CT molecular complexity index is 494. The molecule has 0 radical (unpaired) electrons. The van der Waals surface area contributed by atoms with Crippen molar-refractivity contribution in [1.82, 2.24) is 0 Å². The normalized spacial score (nSPS) is 11.4. The molecule has 0 aliphatic rings. The van der Waals surface area contributed by atoms with Gasteiger partial charge in [0.15, 0.2) is 11.5 Å². The standard InChI is InChI=1S/C12H14N2O4/c1-17-9-4-3-7(6-13)11(12(9)16)8(14)5-10(15)18-2/h3-4,8,16H,5,14H2,1-2H3/t8-/m0/s1. The van der Waals surface area contributed by atoms with Crippen LogP contribution in [-0.4, -0.2) is 25.3 Å². The van der Waals surface area contributed by atoms with Crippen LogP contribution >= 0.6 is 0 Å². The minimum Gasteiger partial charge on any atom is -0.504 e. The lowest BCUT2D eigenvalue weighted by molar-refractivity contribution is -0.141. The summed E-state index contributed by atoms with van der Waals surface area (Å²) in [7, 11) is 2.63. The van der Waals surface area contributed by atoms with Crippen molar-refractivity contribution >= 4 is 5.97 Å². The highest BCUT2D eigenvalue weighted by Gasteiger charge is 2.21. The van der Waals surface area contributed by atoms with Crippen LogP contribution in [0.25, 0.3) is 0 Å². The number of ether oxygens (including phenoxy) is 2. The number of methoxy groups -OCH3 is 2. The van der Waals surface area contributed by atoms with Crippen LogP contribution in [0, 0.1) is 11.3 Å². The molecule has 1 atom stereocenters. The van der Waals surface area contributed by atoms with E-state index in [9.17, 15) is 9.90 Å². The summed E-state index contributed by atoms with van der Waals surface area (Å²) in [6.07, 6.45) is -0.133. The highest BCUT2D eigenvalue weighted by Crippen LogP contribution is 2.36. The van der Waals surface area contributed by atoms with Gasteiger partial charge in [0.2, 0.25) is 0 Å². The molecule has 1 rings (SSSR count). The van der Waals surface area contributed by atoms with E-state index < -0.39 is 12.0 Å². The van der Waals surface area contributed by atoms with Crippen LogP contribution in [0.2, 0.25) is 0 Å². The predicted molar refractivity (Wildman–Crippen MR) is 62.9 cm³/mol. The van der Waals surface area contributed by atoms with Gasteiger partial charge in [-0.05, 0) is 12.1 Å². The number of benzene rings is 1. The quantitative estimate of drug-likeness (QED) is 0.767. The number of phenolic OH excluding ortho intramolecular Hbond substituents is 1. The van der Waals surface area contributed by atoms with Gasteiger partial charge in [-0.15, -0.1) is 0 Å². The minimum atomic E-state index is -0.831. The summed E-state index contributed by atoms with van der Waals surface area (Å²) in [5.74, 6) is -0.550. The van der Waals surface area contributed by atoms with Crippen molar-refractivity contribution < 1.29 is 19.4 Å². The number of hydrogen-bond acceptors (Lipinski definition) is 6. The molecule has 0 aliphatic heterocycles. The average Bonchev–Trinajstić information content (AvgIpc) is 2.37. The van der Waals surface area contributed by atoms with Gasteiger partial charge in [0.25, 0.3) is 0 Å². The number of esters is 1. The Balaban J connectivity index is 3.20. The van der Waals surface area contributed by atoms with E-state index in [1.165, 1.54) is 26.4 Å². The zero-order valence-corrected chi connectivity index (χ0v) is 10.1. The van der Waals surface area contributed by atoms with E-state index in [0.29, 0.717) is 0 Å². The Morgan fingerprint density at radius 2 is 2.22 bits per heavy atom. The molecule has 0 saturated heterocycles. The third kappa shape index (κ3) is 2.70.